The number of nitrogens with two attached hydrogens (primary N) is 1. The van der Waals surface area contributed by atoms with Crippen LogP contribution in [0.3, 0.4) is 0 Å². The number of rotatable bonds is 8. The number of fused-ring (bicyclic) bond motifs is 2. The number of ketones is 1. The number of hydrogen-bond donors (Lipinski definition) is 1. The summed E-state index contributed by atoms with van der Waals surface area (Å²) in [6.45, 7) is 1.04. The molecule has 39 heavy (non-hydrogen) atoms. The number of benzene rings is 3. The number of hydrogen-bond acceptors (Lipinski definition) is 3. The molecular formula is C34H36ClN3O. The minimum absolute atomic E-state index is 0. The minimum atomic E-state index is -0.0640. The molecule has 1 unspecified atom stereocenters. The van der Waals surface area contributed by atoms with Gasteiger partial charge >= 0.3 is 0 Å². The summed E-state index contributed by atoms with van der Waals surface area (Å²) in [7, 11) is 0. The largest absolute Gasteiger partial charge is 0.399 e. The van der Waals surface area contributed by atoms with Crippen molar-refractivity contribution in [3.05, 3.63) is 108 Å². The number of nitrogens with zero attached hydrogens (tertiary/aromatic N) is 2. The van der Waals surface area contributed by atoms with Crippen molar-refractivity contribution < 1.29 is 4.79 Å². The number of Topliss-reactive ketones (excluding diaryl/α,β-unsaturated/α-hetero) is 1. The number of nitrogen functional groups attached to an aromatic ring is 1. The summed E-state index contributed by atoms with van der Waals surface area (Å²) < 4.78 is 2.45. The Morgan fingerprint density at radius 2 is 1.69 bits per heavy atom. The molecule has 0 saturated heterocycles. The molecule has 0 radical (unpaired) electrons. The fraction of sp³-hybridized carbons (Fsp3) is 0.294. The molecule has 1 atom stereocenters. The molecule has 5 aromatic rings. The Labute approximate surface area is 236 Å². The van der Waals surface area contributed by atoms with Gasteiger partial charge in [-0.15, -0.1) is 12.4 Å². The summed E-state index contributed by atoms with van der Waals surface area (Å²) in [4.78, 5) is 18.3. The van der Waals surface area contributed by atoms with E-state index in [1.54, 1.807) is 0 Å². The second-order valence-corrected chi connectivity index (χ2v) is 10.9. The van der Waals surface area contributed by atoms with Gasteiger partial charge in [-0.3, -0.25) is 9.78 Å². The number of para-hydroxylation sites is 2. The Bertz CT molecular complexity index is 1570. The molecule has 200 valence electrons. The lowest BCUT2D eigenvalue weighted by atomic mass is 9.86. The van der Waals surface area contributed by atoms with Gasteiger partial charge < -0.3 is 10.3 Å². The second kappa shape index (κ2) is 12.0. The topological polar surface area (TPSA) is 60.9 Å². The lowest BCUT2D eigenvalue weighted by molar-refractivity contribution is -0.118. The highest BCUT2D eigenvalue weighted by Gasteiger charge is 2.24. The van der Waals surface area contributed by atoms with Crippen LogP contribution in [0.4, 0.5) is 5.69 Å². The van der Waals surface area contributed by atoms with Crippen molar-refractivity contribution in [3.63, 3.8) is 0 Å². The molecule has 5 heteroatoms. The van der Waals surface area contributed by atoms with Crippen LogP contribution in [0.5, 0.6) is 0 Å². The quantitative estimate of drug-likeness (QED) is 0.203. The third-order valence-electron chi connectivity index (χ3n) is 8.20. The molecule has 4 nitrogen and oxygen atoms in total. The van der Waals surface area contributed by atoms with E-state index in [-0.39, 0.29) is 24.1 Å². The molecule has 0 bridgehead atoms. The average Bonchev–Trinajstić information content (AvgIpc) is 3.31. The Balaban J connectivity index is 0.00000308. The van der Waals surface area contributed by atoms with Crippen molar-refractivity contribution in [2.75, 3.05) is 5.73 Å². The van der Waals surface area contributed by atoms with Gasteiger partial charge in [0.1, 0.15) is 5.78 Å². The summed E-state index contributed by atoms with van der Waals surface area (Å²) in [6.07, 6.45) is 11.8. The first-order valence-corrected chi connectivity index (χ1v) is 13.9. The van der Waals surface area contributed by atoms with Crippen LogP contribution < -0.4 is 5.73 Å². The summed E-state index contributed by atoms with van der Waals surface area (Å²) in [5, 5.41) is 2.34. The van der Waals surface area contributed by atoms with E-state index >= 15 is 0 Å². The zero-order valence-electron chi connectivity index (χ0n) is 22.3. The van der Waals surface area contributed by atoms with E-state index in [1.807, 2.05) is 48.7 Å². The third kappa shape index (κ3) is 6.02. The molecule has 0 spiro atoms. The number of carbonyl (C=O) groups excluding carboxylic acids is 1. The van der Waals surface area contributed by atoms with Gasteiger partial charge in [0.15, 0.2) is 0 Å². The van der Waals surface area contributed by atoms with Crippen LogP contribution in [0.1, 0.15) is 61.1 Å². The average molecular weight is 538 g/mol. The SMILES string of the molecule is Cl.Nc1ccc(CC(=O)CC(c2cnc3ccccc3c2)c2cn(CC3CCCCC3)c3ccccc23)cc1. The van der Waals surface area contributed by atoms with Gasteiger partial charge in [-0.2, -0.15) is 0 Å². The van der Waals surface area contributed by atoms with Gasteiger partial charge in [-0.25, -0.2) is 0 Å². The third-order valence-corrected chi connectivity index (χ3v) is 8.20. The van der Waals surface area contributed by atoms with Gasteiger partial charge in [0.2, 0.25) is 0 Å². The molecule has 2 heterocycles. The maximum Gasteiger partial charge on any atom is 0.138 e. The summed E-state index contributed by atoms with van der Waals surface area (Å²) in [6, 6.07) is 26.8. The molecule has 1 aliphatic rings. The number of carbonyl (C=O) groups is 1. The summed E-state index contributed by atoms with van der Waals surface area (Å²) in [5.74, 6) is 0.878. The number of aromatic nitrogens is 2. The molecule has 2 N–H and O–H groups in total. The predicted octanol–water partition coefficient (Wildman–Crippen LogP) is 8.11. The molecule has 1 saturated carbocycles. The van der Waals surface area contributed by atoms with Crippen LogP contribution >= 0.6 is 12.4 Å². The van der Waals surface area contributed by atoms with E-state index in [1.165, 1.54) is 48.6 Å². The predicted molar refractivity (Wildman–Crippen MR) is 164 cm³/mol. The summed E-state index contributed by atoms with van der Waals surface area (Å²) in [5.41, 5.74) is 12.1. The van der Waals surface area contributed by atoms with E-state index in [0.29, 0.717) is 18.5 Å². The van der Waals surface area contributed by atoms with Crippen LogP contribution in [0.15, 0.2) is 91.3 Å². The van der Waals surface area contributed by atoms with Gasteiger partial charge in [-0.1, -0.05) is 67.8 Å². The highest BCUT2D eigenvalue weighted by Crippen LogP contribution is 2.37. The first kappa shape index (κ1) is 27.0. The maximum absolute atomic E-state index is 13.5. The fourth-order valence-corrected chi connectivity index (χ4v) is 6.20. The van der Waals surface area contributed by atoms with Crippen LogP contribution in [-0.4, -0.2) is 15.3 Å². The van der Waals surface area contributed by atoms with E-state index in [9.17, 15) is 4.79 Å². The van der Waals surface area contributed by atoms with Crippen molar-refractivity contribution in [2.24, 2.45) is 5.92 Å². The van der Waals surface area contributed by atoms with Crippen molar-refractivity contribution in [1.29, 1.82) is 0 Å². The highest BCUT2D eigenvalue weighted by atomic mass is 35.5. The summed E-state index contributed by atoms with van der Waals surface area (Å²) >= 11 is 0. The molecule has 1 aliphatic carbocycles. The number of anilines is 1. The molecule has 0 aliphatic heterocycles. The zero-order valence-corrected chi connectivity index (χ0v) is 23.1. The van der Waals surface area contributed by atoms with Gasteiger partial charge in [0.05, 0.1) is 5.52 Å². The smallest absolute Gasteiger partial charge is 0.138 e. The van der Waals surface area contributed by atoms with E-state index < -0.39 is 0 Å². The molecular weight excluding hydrogens is 502 g/mol. The second-order valence-electron chi connectivity index (χ2n) is 10.9. The zero-order chi connectivity index (χ0) is 25.9. The maximum atomic E-state index is 13.5. The lowest BCUT2D eigenvalue weighted by Gasteiger charge is -2.22. The minimum Gasteiger partial charge on any atom is -0.399 e. The Hall–Kier alpha value is -3.63. The van der Waals surface area contributed by atoms with E-state index in [2.05, 4.69) is 47.2 Å². The molecule has 1 fully saturated rings. The first-order chi connectivity index (χ1) is 18.6. The van der Waals surface area contributed by atoms with Gasteiger partial charge in [0, 0.05) is 59.7 Å². The van der Waals surface area contributed by atoms with Crippen LogP contribution in [0, 0.1) is 5.92 Å². The number of pyridine rings is 1. The van der Waals surface area contributed by atoms with Crippen LogP contribution in [0.25, 0.3) is 21.8 Å². The van der Waals surface area contributed by atoms with Crippen molar-refractivity contribution >= 4 is 45.7 Å². The van der Waals surface area contributed by atoms with Gasteiger partial charge in [0.25, 0.3) is 0 Å². The fourth-order valence-electron chi connectivity index (χ4n) is 6.20. The molecule has 2 aromatic heterocycles. The standard InChI is InChI=1S/C34H35N3O.ClH/c35-28-16-14-24(15-17-28)18-29(38)20-31(27-19-26-10-4-6-12-33(26)36-21-27)32-23-37(22-25-8-2-1-3-9-25)34-13-7-5-11-30(32)34;/h4-7,10-17,19,21,23,25,31H,1-3,8-9,18,20,22,35H2;1H. The monoisotopic (exact) mass is 537 g/mol. The highest BCUT2D eigenvalue weighted by molar-refractivity contribution is 5.88. The van der Waals surface area contributed by atoms with Crippen molar-refractivity contribution in [1.82, 2.24) is 9.55 Å². The molecule has 0 amide bonds. The first-order valence-electron chi connectivity index (χ1n) is 13.9. The Morgan fingerprint density at radius 1 is 0.949 bits per heavy atom. The Morgan fingerprint density at radius 3 is 2.51 bits per heavy atom. The van der Waals surface area contributed by atoms with Gasteiger partial charge in [-0.05, 0) is 65.8 Å². The van der Waals surface area contributed by atoms with Crippen molar-refractivity contribution in [3.8, 4) is 0 Å². The van der Waals surface area contributed by atoms with Crippen molar-refractivity contribution in [2.45, 2.75) is 57.4 Å². The van der Waals surface area contributed by atoms with Crippen LogP contribution in [0.2, 0.25) is 0 Å². The molecule has 3 aromatic carbocycles. The Kier molecular flexibility index (Phi) is 8.33. The normalized spacial score (nSPS) is 14.8. The van der Waals surface area contributed by atoms with Crippen LogP contribution in [-0.2, 0) is 17.8 Å². The lowest BCUT2D eigenvalue weighted by Crippen LogP contribution is -2.14. The number of halogens is 1. The molecule has 6 rings (SSSR count). The van der Waals surface area contributed by atoms with E-state index in [0.717, 1.165) is 34.5 Å². The van der Waals surface area contributed by atoms with E-state index in [4.69, 9.17) is 10.7 Å².